The third-order valence-electron chi connectivity index (χ3n) is 4.85. The molecule has 0 aliphatic carbocycles. The second kappa shape index (κ2) is 8.91. The summed E-state index contributed by atoms with van der Waals surface area (Å²) < 4.78 is 6.96. The van der Waals surface area contributed by atoms with Gasteiger partial charge in [-0.05, 0) is 26.8 Å². The molecule has 2 bridgehead atoms. The molecule has 2 aromatic rings. The number of rotatable bonds is 6. The van der Waals surface area contributed by atoms with E-state index in [1.54, 1.807) is 37.9 Å². The topological polar surface area (TPSA) is 136 Å². The summed E-state index contributed by atoms with van der Waals surface area (Å²) >= 11 is 0.956. The molecule has 12 nitrogen and oxygen atoms in total. The molecule has 1 atom stereocenters. The van der Waals surface area contributed by atoms with Gasteiger partial charge in [0.2, 0.25) is 0 Å². The van der Waals surface area contributed by atoms with Gasteiger partial charge in [-0.15, -0.1) is 11.7 Å². The number of nitrogens with two attached hydrogens (primary N) is 1. The van der Waals surface area contributed by atoms with E-state index >= 15 is 0 Å². The average molecular weight is 488 g/mol. The van der Waals surface area contributed by atoms with Gasteiger partial charge in [-0.2, -0.15) is 9.96 Å². The van der Waals surface area contributed by atoms with Crippen molar-refractivity contribution in [3.63, 3.8) is 0 Å². The van der Waals surface area contributed by atoms with Gasteiger partial charge in [0.25, 0.3) is 5.91 Å². The zero-order valence-electron chi connectivity index (χ0n) is 19.0. The van der Waals surface area contributed by atoms with Crippen LogP contribution in [0.3, 0.4) is 0 Å². The second-order valence-corrected chi connectivity index (χ2v) is 9.66. The molecule has 1 fully saturated rings. The van der Waals surface area contributed by atoms with Crippen molar-refractivity contribution in [3.05, 3.63) is 42.1 Å². The summed E-state index contributed by atoms with van der Waals surface area (Å²) in [4.78, 5) is 50.7. The highest BCUT2D eigenvalue weighted by molar-refractivity contribution is 7.17. The molecule has 0 spiro atoms. The summed E-state index contributed by atoms with van der Waals surface area (Å²) in [6.07, 6.45) is 5.46. The first-order valence-corrected chi connectivity index (χ1v) is 11.3. The number of anilines is 2. The molecule has 2 aliphatic rings. The van der Waals surface area contributed by atoms with E-state index in [4.69, 9.17) is 15.3 Å². The molecular formula is C21H25N7O5S. The molecule has 0 saturated carbocycles. The van der Waals surface area contributed by atoms with Crippen molar-refractivity contribution in [2.24, 2.45) is 0 Å². The first kappa shape index (κ1) is 23.4. The van der Waals surface area contributed by atoms with Crippen LogP contribution in [-0.4, -0.2) is 74.1 Å². The molecule has 4 amide bonds. The summed E-state index contributed by atoms with van der Waals surface area (Å²) in [5, 5.41) is 5.95. The maximum atomic E-state index is 13.2. The van der Waals surface area contributed by atoms with Gasteiger partial charge in [-0.25, -0.2) is 19.3 Å². The van der Waals surface area contributed by atoms with Gasteiger partial charge >= 0.3 is 12.1 Å². The van der Waals surface area contributed by atoms with Crippen molar-refractivity contribution in [2.75, 3.05) is 30.3 Å². The Labute approximate surface area is 199 Å². The van der Waals surface area contributed by atoms with Crippen LogP contribution < -0.4 is 10.6 Å². The van der Waals surface area contributed by atoms with Crippen molar-refractivity contribution < 1.29 is 24.0 Å². The number of carbonyl (C=O) groups is 3. The predicted molar refractivity (Wildman–Crippen MR) is 125 cm³/mol. The van der Waals surface area contributed by atoms with Gasteiger partial charge in [0, 0.05) is 18.8 Å². The highest BCUT2D eigenvalue weighted by Gasteiger charge is 2.41. The van der Waals surface area contributed by atoms with Crippen LogP contribution in [0.5, 0.6) is 0 Å². The average Bonchev–Trinajstić information content (AvgIpc) is 3.46. The monoisotopic (exact) mass is 487 g/mol. The fourth-order valence-corrected chi connectivity index (χ4v) is 4.11. The van der Waals surface area contributed by atoms with Crippen LogP contribution in [-0.2, 0) is 9.57 Å². The SMILES string of the molecule is C=CCON1C(=O)N2CC(n3ccc(N(C(=O)OC(C)(C)C)C(=O)c4cnc(N)s4)n3)=CC1C2. The lowest BCUT2D eigenvalue weighted by Crippen LogP contribution is -2.41. The quantitative estimate of drug-likeness (QED) is 0.614. The summed E-state index contributed by atoms with van der Waals surface area (Å²) in [5.41, 5.74) is 5.52. The molecule has 180 valence electrons. The van der Waals surface area contributed by atoms with Crippen molar-refractivity contribution in [2.45, 2.75) is 32.4 Å². The Hall–Kier alpha value is -3.71. The number of fused-ring (bicyclic) bond motifs is 2. The van der Waals surface area contributed by atoms with Crippen molar-refractivity contribution in [1.82, 2.24) is 24.7 Å². The van der Waals surface area contributed by atoms with Crippen LogP contribution in [0.15, 0.2) is 37.2 Å². The van der Waals surface area contributed by atoms with Crippen LogP contribution in [0, 0.1) is 0 Å². The number of aromatic nitrogens is 3. The third kappa shape index (κ3) is 4.65. The Balaban J connectivity index is 1.63. The van der Waals surface area contributed by atoms with E-state index in [9.17, 15) is 14.4 Å². The summed E-state index contributed by atoms with van der Waals surface area (Å²) in [5.74, 6) is -0.597. The third-order valence-corrected chi connectivity index (χ3v) is 5.66. The zero-order valence-corrected chi connectivity index (χ0v) is 19.8. The number of urea groups is 1. The van der Waals surface area contributed by atoms with Crippen LogP contribution in [0.25, 0.3) is 5.70 Å². The smallest absolute Gasteiger partial charge is 0.423 e. The number of nitrogen functional groups attached to an aromatic ring is 1. The van der Waals surface area contributed by atoms with Gasteiger partial charge in [0.15, 0.2) is 10.9 Å². The molecule has 34 heavy (non-hydrogen) atoms. The number of carbonyl (C=O) groups excluding carboxylic acids is 3. The molecule has 1 saturated heterocycles. The molecular weight excluding hydrogens is 462 g/mol. The standard InChI is InChI=1S/C21H25N7O5S/c1-5-8-32-28-14-9-13(11-25(12-14)19(28)30)26-7-6-16(24-26)27(20(31)33-21(2,3)4)17(29)15-10-23-18(22)34-15/h5-7,9-10,14H,1,8,11-12H2,2-4H3,(H2,22,23). The van der Waals surface area contributed by atoms with E-state index in [-0.39, 0.29) is 41.1 Å². The highest BCUT2D eigenvalue weighted by atomic mass is 32.1. The molecule has 2 N–H and O–H groups in total. The Morgan fingerprint density at radius 3 is 2.82 bits per heavy atom. The van der Waals surface area contributed by atoms with E-state index in [1.165, 1.54) is 22.0 Å². The zero-order chi connectivity index (χ0) is 24.6. The minimum absolute atomic E-state index is 0.0612. The van der Waals surface area contributed by atoms with Crippen LogP contribution in [0.2, 0.25) is 0 Å². The number of ether oxygens (including phenoxy) is 1. The van der Waals surface area contributed by atoms with Crippen LogP contribution >= 0.6 is 11.3 Å². The lowest BCUT2D eigenvalue weighted by atomic mass is 10.2. The summed E-state index contributed by atoms with van der Waals surface area (Å²) in [7, 11) is 0. The Morgan fingerprint density at radius 2 is 2.18 bits per heavy atom. The molecule has 2 aromatic heterocycles. The number of thiazole rings is 1. The molecule has 4 rings (SSSR count). The van der Waals surface area contributed by atoms with Gasteiger partial charge in [0.1, 0.15) is 10.5 Å². The van der Waals surface area contributed by atoms with Crippen molar-refractivity contribution in [1.29, 1.82) is 0 Å². The van der Waals surface area contributed by atoms with E-state index in [0.29, 0.717) is 12.2 Å². The molecule has 2 aliphatic heterocycles. The van der Waals surface area contributed by atoms with Gasteiger partial charge in [0.05, 0.1) is 31.1 Å². The molecule has 13 heteroatoms. The van der Waals surface area contributed by atoms with Crippen molar-refractivity contribution >= 4 is 46.0 Å². The van der Waals surface area contributed by atoms with Gasteiger partial charge in [-0.1, -0.05) is 17.4 Å². The fraction of sp³-hybridized carbons (Fsp3) is 0.381. The van der Waals surface area contributed by atoms with E-state index in [0.717, 1.165) is 16.2 Å². The predicted octanol–water partition coefficient (Wildman–Crippen LogP) is 2.58. The molecule has 1 unspecified atom stereocenters. The minimum Gasteiger partial charge on any atom is -0.443 e. The van der Waals surface area contributed by atoms with E-state index in [1.807, 2.05) is 6.08 Å². The first-order valence-electron chi connectivity index (χ1n) is 10.4. The molecule has 0 radical (unpaired) electrons. The van der Waals surface area contributed by atoms with Crippen LogP contribution in [0.4, 0.5) is 20.5 Å². The minimum atomic E-state index is -0.879. The normalized spacial score (nSPS) is 17.6. The van der Waals surface area contributed by atoms with Gasteiger partial charge in [-0.3, -0.25) is 9.63 Å². The summed E-state index contributed by atoms with van der Waals surface area (Å²) in [6.45, 7) is 9.69. The van der Waals surface area contributed by atoms with Gasteiger partial charge < -0.3 is 15.4 Å². The number of hydrogen-bond acceptors (Lipinski definition) is 9. The van der Waals surface area contributed by atoms with Crippen LogP contribution in [0.1, 0.15) is 30.4 Å². The Kier molecular flexibility index (Phi) is 6.15. The largest absolute Gasteiger partial charge is 0.443 e. The maximum Gasteiger partial charge on any atom is 0.423 e. The maximum absolute atomic E-state index is 13.2. The van der Waals surface area contributed by atoms with E-state index in [2.05, 4.69) is 16.7 Å². The number of amides is 4. The number of hydrogen-bond donors (Lipinski definition) is 1. The number of imide groups is 1. The Bertz CT molecular complexity index is 1160. The summed E-state index contributed by atoms with van der Waals surface area (Å²) in [6, 6.07) is 0.971. The fourth-order valence-electron chi connectivity index (χ4n) is 3.49. The lowest BCUT2D eigenvalue weighted by Gasteiger charge is -2.24. The van der Waals surface area contributed by atoms with E-state index < -0.39 is 17.6 Å². The lowest BCUT2D eigenvalue weighted by molar-refractivity contribution is -0.107. The van der Waals surface area contributed by atoms with Crippen molar-refractivity contribution in [3.8, 4) is 0 Å². The highest BCUT2D eigenvalue weighted by Crippen LogP contribution is 2.28. The molecule has 4 heterocycles. The Morgan fingerprint density at radius 1 is 1.41 bits per heavy atom. The number of hydroxylamine groups is 2. The first-order chi connectivity index (χ1) is 16.1. The number of nitrogens with zero attached hydrogens (tertiary/aromatic N) is 6. The second-order valence-electron chi connectivity index (χ2n) is 8.60. The molecule has 0 aromatic carbocycles.